The lowest BCUT2D eigenvalue weighted by Gasteiger charge is -2.37. The second-order valence-corrected chi connectivity index (χ2v) is 8.54. The number of nitrogens with one attached hydrogen (secondary N) is 2. The Morgan fingerprint density at radius 3 is 2.64 bits per heavy atom. The molecule has 5 nitrogen and oxygen atoms in total. The molecule has 2 N–H and O–H groups in total. The molecular formula is C15H23BrN2O3S. The van der Waals surface area contributed by atoms with E-state index in [9.17, 15) is 8.42 Å². The van der Waals surface area contributed by atoms with Gasteiger partial charge in [-0.05, 0) is 56.6 Å². The summed E-state index contributed by atoms with van der Waals surface area (Å²) in [5.74, 6) is 0. The SMILES string of the molecule is COCC1(CNS(=O)(=O)c2ccc(Br)c(C)c2)CCNCC1. The zero-order valence-corrected chi connectivity index (χ0v) is 15.4. The van der Waals surface area contributed by atoms with Gasteiger partial charge in [0.2, 0.25) is 10.0 Å². The van der Waals surface area contributed by atoms with Gasteiger partial charge in [-0.3, -0.25) is 0 Å². The molecule has 1 fully saturated rings. The standard InChI is InChI=1S/C15H23BrN2O3S/c1-12-9-13(3-4-14(12)16)22(19,20)18-10-15(11-21-2)5-7-17-8-6-15/h3-4,9,17-18H,5-8,10-11H2,1-2H3. The van der Waals surface area contributed by atoms with E-state index in [2.05, 4.69) is 26.0 Å². The lowest BCUT2D eigenvalue weighted by Crippen LogP contribution is -2.47. The number of aryl methyl sites for hydroxylation is 1. The smallest absolute Gasteiger partial charge is 0.240 e. The number of benzene rings is 1. The van der Waals surface area contributed by atoms with Gasteiger partial charge >= 0.3 is 0 Å². The Bertz CT molecular complexity index is 608. The first-order chi connectivity index (χ1) is 10.4. The molecule has 0 radical (unpaired) electrons. The van der Waals surface area contributed by atoms with Gasteiger partial charge in [-0.1, -0.05) is 15.9 Å². The van der Waals surface area contributed by atoms with Gasteiger partial charge in [0.25, 0.3) is 0 Å². The fraction of sp³-hybridized carbons (Fsp3) is 0.600. The molecule has 0 spiro atoms. The molecule has 0 atom stereocenters. The van der Waals surface area contributed by atoms with Gasteiger partial charge in [0.05, 0.1) is 11.5 Å². The summed E-state index contributed by atoms with van der Waals surface area (Å²) in [6.07, 6.45) is 1.81. The summed E-state index contributed by atoms with van der Waals surface area (Å²) in [6, 6.07) is 5.06. The third-order valence-corrected chi connectivity index (χ3v) is 6.48. The van der Waals surface area contributed by atoms with E-state index in [0.29, 0.717) is 18.0 Å². The topological polar surface area (TPSA) is 67.4 Å². The Balaban J connectivity index is 2.12. The van der Waals surface area contributed by atoms with Crippen LogP contribution in [-0.4, -0.2) is 41.8 Å². The van der Waals surface area contributed by atoms with Crippen LogP contribution in [0.5, 0.6) is 0 Å². The highest BCUT2D eigenvalue weighted by molar-refractivity contribution is 9.10. The fourth-order valence-electron chi connectivity index (χ4n) is 2.75. The van der Waals surface area contributed by atoms with Gasteiger partial charge in [-0.2, -0.15) is 0 Å². The zero-order valence-electron chi connectivity index (χ0n) is 13.0. The number of hydrogen-bond donors (Lipinski definition) is 2. The van der Waals surface area contributed by atoms with E-state index in [1.165, 1.54) is 0 Å². The Kier molecular flexibility index (Phi) is 6.01. The van der Waals surface area contributed by atoms with E-state index in [-0.39, 0.29) is 5.41 Å². The predicted molar refractivity (Wildman–Crippen MR) is 90.5 cm³/mol. The average molecular weight is 391 g/mol. The van der Waals surface area contributed by atoms with Crippen molar-refractivity contribution in [3.63, 3.8) is 0 Å². The number of ether oxygens (including phenoxy) is 1. The molecule has 22 heavy (non-hydrogen) atoms. The molecule has 0 aromatic heterocycles. The van der Waals surface area contributed by atoms with E-state index in [0.717, 1.165) is 36.0 Å². The number of rotatable bonds is 6. The number of hydrogen-bond acceptors (Lipinski definition) is 4. The van der Waals surface area contributed by atoms with Crippen molar-refractivity contribution in [3.8, 4) is 0 Å². The van der Waals surface area contributed by atoms with Crippen LogP contribution in [0.4, 0.5) is 0 Å². The van der Waals surface area contributed by atoms with Gasteiger partial charge in [0.15, 0.2) is 0 Å². The lowest BCUT2D eigenvalue weighted by atomic mass is 9.80. The Morgan fingerprint density at radius 1 is 1.36 bits per heavy atom. The lowest BCUT2D eigenvalue weighted by molar-refractivity contribution is 0.0577. The molecule has 0 amide bonds. The van der Waals surface area contributed by atoms with Crippen molar-refractivity contribution in [2.24, 2.45) is 5.41 Å². The summed E-state index contributed by atoms with van der Waals surface area (Å²) in [5.41, 5.74) is 0.772. The molecule has 1 aliphatic heterocycles. The van der Waals surface area contributed by atoms with Gasteiger partial charge in [0.1, 0.15) is 0 Å². The maximum atomic E-state index is 12.5. The van der Waals surface area contributed by atoms with Crippen LogP contribution in [0.2, 0.25) is 0 Å². The maximum absolute atomic E-state index is 12.5. The van der Waals surface area contributed by atoms with Crippen molar-refractivity contribution < 1.29 is 13.2 Å². The minimum absolute atomic E-state index is 0.128. The second kappa shape index (κ2) is 7.40. The van der Waals surface area contributed by atoms with Gasteiger partial charge < -0.3 is 10.1 Å². The molecule has 1 aromatic rings. The van der Waals surface area contributed by atoms with E-state index in [1.807, 2.05) is 6.92 Å². The van der Waals surface area contributed by atoms with Crippen LogP contribution in [0.15, 0.2) is 27.6 Å². The maximum Gasteiger partial charge on any atom is 0.240 e. The van der Waals surface area contributed by atoms with Crippen LogP contribution in [-0.2, 0) is 14.8 Å². The molecule has 7 heteroatoms. The van der Waals surface area contributed by atoms with Crippen LogP contribution in [0.3, 0.4) is 0 Å². The van der Waals surface area contributed by atoms with Crippen molar-refractivity contribution >= 4 is 26.0 Å². The molecule has 0 aliphatic carbocycles. The van der Waals surface area contributed by atoms with Crippen molar-refractivity contribution in [2.75, 3.05) is 33.4 Å². The van der Waals surface area contributed by atoms with Crippen molar-refractivity contribution in [3.05, 3.63) is 28.2 Å². The number of sulfonamides is 1. The molecule has 124 valence electrons. The Morgan fingerprint density at radius 2 is 2.05 bits per heavy atom. The molecule has 2 rings (SSSR count). The third kappa shape index (κ3) is 4.29. The van der Waals surface area contributed by atoms with Crippen LogP contribution >= 0.6 is 15.9 Å². The van der Waals surface area contributed by atoms with Crippen LogP contribution in [0, 0.1) is 12.3 Å². The first-order valence-corrected chi connectivity index (χ1v) is 9.62. The van der Waals surface area contributed by atoms with Gasteiger partial charge in [-0.25, -0.2) is 13.1 Å². The molecule has 1 heterocycles. The number of piperidine rings is 1. The fourth-order valence-corrected chi connectivity index (χ4v) is 4.24. The summed E-state index contributed by atoms with van der Waals surface area (Å²) in [6.45, 7) is 4.63. The van der Waals surface area contributed by atoms with E-state index >= 15 is 0 Å². The van der Waals surface area contributed by atoms with Crippen molar-refractivity contribution in [1.29, 1.82) is 0 Å². The minimum Gasteiger partial charge on any atom is -0.384 e. The molecule has 0 saturated carbocycles. The van der Waals surface area contributed by atoms with Crippen LogP contribution in [0.25, 0.3) is 0 Å². The minimum atomic E-state index is -3.50. The highest BCUT2D eigenvalue weighted by Gasteiger charge is 2.33. The van der Waals surface area contributed by atoms with Crippen molar-refractivity contribution in [1.82, 2.24) is 10.0 Å². The highest BCUT2D eigenvalue weighted by atomic mass is 79.9. The molecular weight excluding hydrogens is 368 g/mol. The monoisotopic (exact) mass is 390 g/mol. The Hall–Kier alpha value is -0.470. The molecule has 0 unspecified atom stereocenters. The van der Waals surface area contributed by atoms with Crippen molar-refractivity contribution in [2.45, 2.75) is 24.7 Å². The average Bonchev–Trinajstić information content (AvgIpc) is 2.49. The first kappa shape index (κ1) is 17.9. The largest absolute Gasteiger partial charge is 0.384 e. The predicted octanol–water partition coefficient (Wildman–Crippen LogP) is 2.05. The second-order valence-electron chi connectivity index (χ2n) is 5.92. The van der Waals surface area contributed by atoms with E-state index in [1.54, 1.807) is 25.3 Å². The quantitative estimate of drug-likeness (QED) is 0.779. The third-order valence-electron chi connectivity index (χ3n) is 4.19. The summed E-state index contributed by atoms with van der Waals surface area (Å²) in [7, 11) is -1.84. The van der Waals surface area contributed by atoms with Crippen LogP contribution in [0.1, 0.15) is 18.4 Å². The molecule has 1 aliphatic rings. The van der Waals surface area contributed by atoms with E-state index in [4.69, 9.17) is 4.74 Å². The molecule has 1 saturated heterocycles. The molecule has 1 aromatic carbocycles. The normalized spacial score (nSPS) is 18.3. The van der Waals surface area contributed by atoms with Gasteiger partial charge in [-0.15, -0.1) is 0 Å². The summed E-state index contributed by atoms with van der Waals surface area (Å²) in [4.78, 5) is 0.301. The summed E-state index contributed by atoms with van der Waals surface area (Å²) >= 11 is 3.39. The van der Waals surface area contributed by atoms with E-state index < -0.39 is 10.0 Å². The first-order valence-electron chi connectivity index (χ1n) is 7.34. The number of halogens is 1. The summed E-state index contributed by atoms with van der Waals surface area (Å²) < 4.78 is 34.0. The van der Waals surface area contributed by atoms with Crippen LogP contribution < -0.4 is 10.0 Å². The number of methoxy groups -OCH3 is 1. The zero-order chi connectivity index (χ0) is 16.2. The molecule has 0 bridgehead atoms. The summed E-state index contributed by atoms with van der Waals surface area (Å²) in [5, 5.41) is 3.30. The van der Waals surface area contributed by atoms with Gasteiger partial charge in [0, 0.05) is 23.5 Å². The highest BCUT2D eigenvalue weighted by Crippen LogP contribution is 2.29. The Labute approximate surface area is 141 Å².